The van der Waals surface area contributed by atoms with E-state index < -0.39 is 26.8 Å². The van der Waals surface area contributed by atoms with E-state index in [2.05, 4.69) is 0 Å². The molecule has 7 heteroatoms. The van der Waals surface area contributed by atoms with Crippen molar-refractivity contribution in [2.45, 2.75) is 19.0 Å². The van der Waals surface area contributed by atoms with E-state index in [-0.39, 0.29) is 12.8 Å². The first-order valence-electron chi connectivity index (χ1n) is 3.66. The van der Waals surface area contributed by atoms with Gasteiger partial charge >= 0.3 is 6.18 Å². The zero-order valence-corrected chi connectivity index (χ0v) is 7.69. The third-order valence-corrected chi connectivity index (χ3v) is 2.71. The van der Waals surface area contributed by atoms with Crippen LogP contribution in [0.15, 0.2) is 22.6 Å². The van der Waals surface area contributed by atoms with Crippen LogP contribution in [0, 0.1) is 0 Å². The van der Waals surface area contributed by atoms with Gasteiger partial charge in [0.25, 0.3) is 10.1 Å². The molecule has 1 rings (SSSR count). The molecule has 0 saturated heterocycles. The Kier molecular flexibility index (Phi) is 2.73. The van der Waals surface area contributed by atoms with Crippen LogP contribution < -0.4 is 0 Å². The molecular weight excluding hydrogens is 221 g/mol. The molecule has 80 valence electrons. The van der Waals surface area contributed by atoms with Gasteiger partial charge in [-0.3, -0.25) is 4.55 Å². The Labute approximate surface area is 78.7 Å². The minimum absolute atomic E-state index is 0.0412. The van der Waals surface area contributed by atoms with Gasteiger partial charge in [0.15, 0.2) is 0 Å². The summed E-state index contributed by atoms with van der Waals surface area (Å²) >= 11 is 0. The molecule has 0 atom stereocenters. The molecule has 0 spiro atoms. The van der Waals surface area contributed by atoms with Gasteiger partial charge in [-0.2, -0.15) is 21.6 Å². The molecule has 1 N–H and O–H groups in total. The highest BCUT2D eigenvalue weighted by Gasteiger charge is 2.34. The van der Waals surface area contributed by atoms with E-state index in [1.807, 2.05) is 0 Å². The molecule has 0 unspecified atom stereocenters. The predicted molar refractivity (Wildman–Crippen MR) is 43.0 cm³/mol. The third-order valence-electron chi connectivity index (χ3n) is 1.73. The second kappa shape index (κ2) is 3.39. The lowest BCUT2D eigenvalue weighted by molar-refractivity contribution is -0.0886. The van der Waals surface area contributed by atoms with E-state index in [0.29, 0.717) is 6.08 Å². The lowest BCUT2D eigenvalue weighted by Gasteiger charge is -2.13. The molecule has 3 nitrogen and oxygen atoms in total. The van der Waals surface area contributed by atoms with E-state index in [9.17, 15) is 21.6 Å². The number of hydrogen-bond donors (Lipinski definition) is 1. The number of alkyl halides is 3. The molecule has 0 aliphatic heterocycles. The van der Waals surface area contributed by atoms with Crippen molar-refractivity contribution in [2.24, 2.45) is 0 Å². The number of rotatable bonds is 1. The topological polar surface area (TPSA) is 54.4 Å². The standard InChI is InChI=1S/C7H7F3O3S/c8-7(9,10)5-2-1-3-6(4-5)14(11,12)13/h2,4H,1,3H2,(H,11,12,13). The number of hydrogen-bond acceptors (Lipinski definition) is 2. The summed E-state index contributed by atoms with van der Waals surface area (Å²) < 4.78 is 66.0. The Hall–Kier alpha value is -0.820. The van der Waals surface area contributed by atoms with E-state index in [0.717, 1.165) is 6.08 Å². The monoisotopic (exact) mass is 228 g/mol. The first kappa shape index (κ1) is 11.3. The van der Waals surface area contributed by atoms with E-state index >= 15 is 0 Å². The highest BCUT2D eigenvalue weighted by molar-refractivity contribution is 7.89. The fourth-order valence-corrected chi connectivity index (χ4v) is 1.73. The summed E-state index contributed by atoms with van der Waals surface area (Å²) in [7, 11) is -4.50. The van der Waals surface area contributed by atoms with Gasteiger partial charge < -0.3 is 0 Å². The van der Waals surface area contributed by atoms with Crippen molar-refractivity contribution >= 4 is 10.1 Å². The minimum Gasteiger partial charge on any atom is -0.282 e. The van der Waals surface area contributed by atoms with Gasteiger partial charge in [-0.05, 0) is 18.9 Å². The van der Waals surface area contributed by atoms with Crippen LogP contribution in [0.1, 0.15) is 12.8 Å². The van der Waals surface area contributed by atoms with Gasteiger partial charge in [0.05, 0.1) is 10.5 Å². The highest BCUT2D eigenvalue weighted by atomic mass is 32.2. The Bertz CT molecular complexity index is 389. The zero-order chi connectivity index (χ0) is 11.0. The molecule has 0 aromatic carbocycles. The van der Waals surface area contributed by atoms with Crippen molar-refractivity contribution in [1.82, 2.24) is 0 Å². The molecule has 0 heterocycles. The van der Waals surface area contributed by atoms with Crippen molar-refractivity contribution in [1.29, 1.82) is 0 Å². The van der Waals surface area contributed by atoms with Gasteiger partial charge in [0.2, 0.25) is 0 Å². The fourth-order valence-electron chi connectivity index (χ4n) is 1.08. The maximum absolute atomic E-state index is 12.1. The Morgan fingerprint density at radius 3 is 2.36 bits per heavy atom. The minimum atomic E-state index is -4.57. The molecule has 0 radical (unpaired) electrons. The lowest BCUT2D eigenvalue weighted by Crippen LogP contribution is -2.14. The average molecular weight is 228 g/mol. The SMILES string of the molecule is O=S(=O)(O)C1=CC(C(F)(F)F)=CCC1. The van der Waals surface area contributed by atoms with Crippen LogP contribution in [0.3, 0.4) is 0 Å². The first-order valence-corrected chi connectivity index (χ1v) is 5.10. The molecule has 0 aromatic rings. The molecule has 0 saturated carbocycles. The summed E-state index contributed by atoms with van der Waals surface area (Å²) in [5, 5.41) is 0. The highest BCUT2D eigenvalue weighted by Crippen LogP contribution is 2.32. The Balaban J connectivity index is 3.07. The summed E-state index contributed by atoms with van der Waals surface area (Å²) in [4.78, 5) is -0.590. The van der Waals surface area contributed by atoms with Crippen LogP contribution in [-0.2, 0) is 10.1 Å². The van der Waals surface area contributed by atoms with Gasteiger partial charge in [0.1, 0.15) is 0 Å². The molecule has 14 heavy (non-hydrogen) atoms. The van der Waals surface area contributed by atoms with Crippen LogP contribution in [-0.4, -0.2) is 19.1 Å². The number of allylic oxidation sites excluding steroid dienone is 4. The molecule has 1 aliphatic rings. The molecule has 0 amide bonds. The normalized spacial score (nSPS) is 18.9. The molecule has 0 aromatic heterocycles. The smallest absolute Gasteiger partial charge is 0.282 e. The van der Waals surface area contributed by atoms with Crippen molar-refractivity contribution in [3.63, 3.8) is 0 Å². The van der Waals surface area contributed by atoms with Crippen molar-refractivity contribution in [3.05, 3.63) is 22.6 Å². The summed E-state index contributed by atoms with van der Waals surface area (Å²) in [6, 6.07) is 0. The third kappa shape index (κ3) is 2.58. The van der Waals surface area contributed by atoms with Crippen LogP contribution in [0.5, 0.6) is 0 Å². The summed E-state index contributed by atoms with van der Waals surface area (Å²) in [5.74, 6) is 0. The molecular formula is C7H7F3O3S. The average Bonchev–Trinajstić information content (AvgIpc) is 2.01. The fraction of sp³-hybridized carbons (Fsp3) is 0.429. The second-order valence-electron chi connectivity index (χ2n) is 2.78. The van der Waals surface area contributed by atoms with Gasteiger partial charge in [-0.25, -0.2) is 0 Å². The predicted octanol–water partition coefficient (Wildman–Crippen LogP) is 2.04. The largest absolute Gasteiger partial charge is 0.416 e. The molecule has 0 bridgehead atoms. The summed E-state index contributed by atoms with van der Waals surface area (Å²) in [6.07, 6.45) is -3.36. The van der Waals surface area contributed by atoms with Crippen LogP contribution in [0.4, 0.5) is 13.2 Å². The van der Waals surface area contributed by atoms with Crippen molar-refractivity contribution in [3.8, 4) is 0 Å². The number of halogens is 3. The molecule has 1 aliphatic carbocycles. The zero-order valence-electron chi connectivity index (χ0n) is 6.87. The summed E-state index contributed by atoms with van der Waals surface area (Å²) in [6.45, 7) is 0. The Morgan fingerprint density at radius 2 is 1.93 bits per heavy atom. The van der Waals surface area contributed by atoms with Crippen LogP contribution in [0.25, 0.3) is 0 Å². The van der Waals surface area contributed by atoms with Gasteiger partial charge in [0, 0.05) is 0 Å². The van der Waals surface area contributed by atoms with Crippen LogP contribution in [0.2, 0.25) is 0 Å². The first-order chi connectivity index (χ1) is 6.21. The maximum Gasteiger partial charge on any atom is 0.416 e. The van der Waals surface area contributed by atoms with Gasteiger partial charge in [-0.15, -0.1) is 0 Å². The second-order valence-corrected chi connectivity index (χ2v) is 4.26. The summed E-state index contributed by atoms with van der Waals surface area (Å²) in [5.41, 5.74) is -1.03. The molecule has 0 fully saturated rings. The lowest BCUT2D eigenvalue weighted by atomic mass is 10.1. The van der Waals surface area contributed by atoms with Crippen LogP contribution >= 0.6 is 0 Å². The maximum atomic E-state index is 12.1. The Morgan fingerprint density at radius 1 is 1.36 bits per heavy atom. The van der Waals surface area contributed by atoms with E-state index in [1.54, 1.807) is 0 Å². The van der Waals surface area contributed by atoms with Crippen molar-refractivity contribution < 1.29 is 26.1 Å². The van der Waals surface area contributed by atoms with E-state index in [1.165, 1.54) is 0 Å². The quantitative estimate of drug-likeness (QED) is 0.699. The van der Waals surface area contributed by atoms with E-state index in [4.69, 9.17) is 4.55 Å². The van der Waals surface area contributed by atoms with Gasteiger partial charge in [-0.1, -0.05) is 6.08 Å². The van der Waals surface area contributed by atoms with Crippen molar-refractivity contribution in [2.75, 3.05) is 0 Å².